The van der Waals surface area contributed by atoms with Crippen LogP contribution in [0.4, 0.5) is 17.8 Å². The first kappa shape index (κ1) is 17.7. The van der Waals surface area contributed by atoms with Crippen LogP contribution in [0.15, 0.2) is 0 Å². The molecule has 0 aromatic carbocycles. The summed E-state index contributed by atoms with van der Waals surface area (Å²) in [7, 11) is 0. The number of hydrogen-bond acceptors (Lipinski definition) is 8. The Kier molecular flexibility index (Phi) is 6.25. The van der Waals surface area contributed by atoms with Crippen LogP contribution in [-0.2, 0) is 9.53 Å². The number of nitrogens with one attached hydrogen (secondary N) is 1. The van der Waals surface area contributed by atoms with Crippen molar-refractivity contribution in [2.45, 2.75) is 45.4 Å². The van der Waals surface area contributed by atoms with Crippen molar-refractivity contribution < 1.29 is 9.53 Å². The molecule has 1 aromatic heterocycles. The van der Waals surface area contributed by atoms with Gasteiger partial charge in [-0.15, -0.1) is 0 Å². The number of carbonyl (C=O) groups is 1. The Morgan fingerprint density at radius 1 is 0.920 bits per heavy atom. The quantitative estimate of drug-likeness (QED) is 0.780. The van der Waals surface area contributed by atoms with E-state index >= 15 is 0 Å². The molecular formula is C17H28N6O2. The van der Waals surface area contributed by atoms with Crippen LogP contribution in [0.5, 0.6) is 0 Å². The van der Waals surface area contributed by atoms with Gasteiger partial charge in [-0.2, -0.15) is 15.0 Å². The van der Waals surface area contributed by atoms with Gasteiger partial charge in [0.25, 0.3) is 0 Å². The van der Waals surface area contributed by atoms with E-state index in [0.717, 1.165) is 51.9 Å². The third-order valence-corrected chi connectivity index (χ3v) is 4.59. The number of ether oxygens (including phenoxy) is 1. The van der Waals surface area contributed by atoms with Crippen molar-refractivity contribution in [3.8, 4) is 0 Å². The van der Waals surface area contributed by atoms with Gasteiger partial charge in [0.2, 0.25) is 17.8 Å². The normalized spacial score (nSPS) is 18.1. The van der Waals surface area contributed by atoms with Gasteiger partial charge in [-0.1, -0.05) is 0 Å². The Hall–Kier alpha value is -2.12. The predicted molar refractivity (Wildman–Crippen MR) is 97.1 cm³/mol. The maximum absolute atomic E-state index is 11.6. The molecule has 3 rings (SSSR count). The predicted octanol–water partition coefficient (Wildman–Crippen LogP) is 1.83. The monoisotopic (exact) mass is 348 g/mol. The van der Waals surface area contributed by atoms with E-state index in [4.69, 9.17) is 9.72 Å². The highest BCUT2D eigenvalue weighted by molar-refractivity contribution is 5.74. The Morgan fingerprint density at radius 3 is 1.92 bits per heavy atom. The lowest BCUT2D eigenvalue weighted by Crippen LogP contribution is -2.34. The highest BCUT2D eigenvalue weighted by Gasteiger charge is 2.20. The molecule has 8 nitrogen and oxygen atoms in total. The molecule has 1 aromatic rings. The first-order valence-corrected chi connectivity index (χ1v) is 9.41. The van der Waals surface area contributed by atoms with Gasteiger partial charge in [0.1, 0.15) is 6.54 Å². The third kappa shape index (κ3) is 4.93. The number of nitrogens with zero attached hydrogens (tertiary/aromatic N) is 5. The largest absolute Gasteiger partial charge is 0.465 e. The molecule has 2 aliphatic rings. The highest BCUT2D eigenvalue weighted by Crippen LogP contribution is 2.22. The molecule has 2 saturated heterocycles. The fourth-order valence-corrected chi connectivity index (χ4v) is 3.27. The number of rotatable bonds is 6. The molecule has 0 bridgehead atoms. The minimum Gasteiger partial charge on any atom is -0.465 e. The maximum Gasteiger partial charge on any atom is 0.325 e. The van der Waals surface area contributed by atoms with Crippen LogP contribution in [-0.4, -0.2) is 60.3 Å². The fourth-order valence-electron chi connectivity index (χ4n) is 3.27. The van der Waals surface area contributed by atoms with E-state index in [1.54, 1.807) is 6.92 Å². The summed E-state index contributed by atoms with van der Waals surface area (Å²) in [5.74, 6) is 1.56. The maximum atomic E-state index is 11.6. The van der Waals surface area contributed by atoms with E-state index in [9.17, 15) is 4.79 Å². The van der Waals surface area contributed by atoms with Crippen LogP contribution in [0, 0.1) is 0 Å². The molecule has 0 aliphatic carbocycles. The Bertz CT molecular complexity index is 534. The van der Waals surface area contributed by atoms with Crippen molar-refractivity contribution in [1.29, 1.82) is 0 Å². The van der Waals surface area contributed by atoms with E-state index in [1.807, 2.05) is 0 Å². The Labute approximate surface area is 149 Å². The minimum absolute atomic E-state index is 0.0662. The number of anilines is 3. The first-order valence-electron chi connectivity index (χ1n) is 9.41. The molecule has 0 spiro atoms. The average molecular weight is 348 g/mol. The Morgan fingerprint density at radius 2 is 1.44 bits per heavy atom. The van der Waals surface area contributed by atoms with Gasteiger partial charge in [-0.3, -0.25) is 4.79 Å². The topological polar surface area (TPSA) is 83.5 Å². The van der Waals surface area contributed by atoms with E-state index in [0.29, 0.717) is 24.5 Å². The summed E-state index contributed by atoms with van der Waals surface area (Å²) in [6.45, 7) is 6.12. The molecule has 2 aliphatic heterocycles. The number of hydrogen-bond donors (Lipinski definition) is 1. The van der Waals surface area contributed by atoms with Crippen molar-refractivity contribution in [2.24, 2.45) is 0 Å². The number of aromatic nitrogens is 3. The van der Waals surface area contributed by atoms with E-state index in [1.165, 1.54) is 12.8 Å². The molecule has 2 fully saturated rings. The molecular weight excluding hydrogens is 320 g/mol. The zero-order chi connectivity index (χ0) is 17.5. The van der Waals surface area contributed by atoms with Gasteiger partial charge in [0, 0.05) is 26.2 Å². The fraction of sp³-hybridized carbons (Fsp3) is 0.765. The molecule has 0 unspecified atom stereocenters. The van der Waals surface area contributed by atoms with Crippen molar-refractivity contribution in [2.75, 3.05) is 54.4 Å². The second-order valence-corrected chi connectivity index (χ2v) is 6.51. The van der Waals surface area contributed by atoms with Gasteiger partial charge in [0.15, 0.2) is 0 Å². The van der Waals surface area contributed by atoms with Gasteiger partial charge >= 0.3 is 5.97 Å². The van der Waals surface area contributed by atoms with Crippen LogP contribution in [0.3, 0.4) is 0 Å². The summed E-state index contributed by atoms with van der Waals surface area (Å²) < 4.78 is 4.96. The van der Waals surface area contributed by atoms with Gasteiger partial charge in [-0.05, 0) is 45.4 Å². The summed E-state index contributed by atoms with van der Waals surface area (Å²) >= 11 is 0. The lowest BCUT2D eigenvalue weighted by atomic mass is 10.1. The first-order chi connectivity index (χ1) is 12.3. The van der Waals surface area contributed by atoms with Crippen LogP contribution in [0.1, 0.15) is 45.4 Å². The van der Waals surface area contributed by atoms with Crippen LogP contribution in [0.25, 0.3) is 0 Å². The zero-order valence-electron chi connectivity index (χ0n) is 15.0. The van der Waals surface area contributed by atoms with Crippen molar-refractivity contribution in [3.63, 3.8) is 0 Å². The summed E-state index contributed by atoms with van der Waals surface area (Å²) in [5.41, 5.74) is 0. The van der Waals surface area contributed by atoms with Gasteiger partial charge in [0.05, 0.1) is 6.61 Å². The Balaban J connectivity index is 1.78. The number of esters is 1. The molecule has 1 N–H and O–H groups in total. The molecule has 25 heavy (non-hydrogen) atoms. The van der Waals surface area contributed by atoms with E-state index < -0.39 is 0 Å². The van der Waals surface area contributed by atoms with Crippen LogP contribution in [0.2, 0.25) is 0 Å². The summed E-state index contributed by atoms with van der Waals surface area (Å²) in [6, 6.07) is 0. The second kappa shape index (κ2) is 8.82. The molecule has 0 saturated carbocycles. The minimum atomic E-state index is -0.304. The van der Waals surface area contributed by atoms with Crippen molar-refractivity contribution >= 4 is 23.8 Å². The average Bonchev–Trinajstić information content (AvgIpc) is 2.68. The smallest absolute Gasteiger partial charge is 0.325 e. The van der Waals surface area contributed by atoms with E-state index in [-0.39, 0.29) is 12.5 Å². The summed E-state index contributed by atoms with van der Waals surface area (Å²) in [6.07, 6.45) is 7.17. The van der Waals surface area contributed by atoms with Gasteiger partial charge in [-0.25, -0.2) is 0 Å². The second-order valence-electron chi connectivity index (χ2n) is 6.51. The van der Waals surface area contributed by atoms with Crippen LogP contribution >= 0.6 is 0 Å². The molecule has 0 radical (unpaired) electrons. The summed E-state index contributed by atoms with van der Waals surface area (Å²) in [4.78, 5) is 29.8. The van der Waals surface area contributed by atoms with Crippen LogP contribution < -0.4 is 15.1 Å². The van der Waals surface area contributed by atoms with Gasteiger partial charge < -0.3 is 19.9 Å². The zero-order valence-corrected chi connectivity index (χ0v) is 15.0. The lowest BCUT2D eigenvalue weighted by molar-refractivity contribution is -0.140. The molecule has 0 atom stereocenters. The lowest BCUT2D eigenvalue weighted by Gasteiger charge is -2.30. The molecule has 138 valence electrons. The van der Waals surface area contributed by atoms with Crippen molar-refractivity contribution in [1.82, 2.24) is 15.0 Å². The summed E-state index contributed by atoms with van der Waals surface area (Å²) in [5, 5.41) is 3.00. The van der Waals surface area contributed by atoms with Crippen molar-refractivity contribution in [3.05, 3.63) is 0 Å². The molecule has 0 amide bonds. The molecule has 8 heteroatoms. The SMILES string of the molecule is CCOC(=O)CNc1nc(N2CCCCC2)nc(N2CCCCC2)n1. The third-order valence-electron chi connectivity index (χ3n) is 4.59. The number of piperidine rings is 2. The standard InChI is InChI=1S/C17H28N6O2/c1-2-25-14(24)13-18-15-19-16(22-9-5-3-6-10-22)21-17(20-15)23-11-7-4-8-12-23/h2-13H2,1H3,(H,18,19,20,21). The molecule has 3 heterocycles. The van der Waals surface area contributed by atoms with E-state index in [2.05, 4.69) is 25.1 Å². The highest BCUT2D eigenvalue weighted by atomic mass is 16.5. The number of carbonyl (C=O) groups excluding carboxylic acids is 1.